The molecule has 94 valence electrons. The summed E-state index contributed by atoms with van der Waals surface area (Å²) in [6, 6.07) is 0.736. The highest BCUT2D eigenvalue weighted by Gasteiger charge is 2.06. The normalized spacial score (nSPS) is 12.5. The minimum atomic E-state index is 0.126. The summed E-state index contributed by atoms with van der Waals surface area (Å²) in [5.74, 6) is 0.126. The summed E-state index contributed by atoms with van der Waals surface area (Å²) in [6.45, 7) is 10.6. The molecule has 0 radical (unpaired) electrons. The third-order valence-corrected chi connectivity index (χ3v) is 2.45. The number of nitrogens with one attached hydrogen (secondary N) is 2. The van der Waals surface area contributed by atoms with Crippen molar-refractivity contribution in [3.63, 3.8) is 0 Å². The van der Waals surface area contributed by atoms with Gasteiger partial charge in [-0.25, -0.2) is 0 Å². The molecule has 0 aromatic carbocycles. The van der Waals surface area contributed by atoms with Crippen LogP contribution in [0, 0.1) is 0 Å². The van der Waals surface area contributed by atoms with Crippen molar-refractivity contribution in [2.45, 2.75) is 58.5 Å². The van der Waals surface area contributed by atoms with Gasteiger partial charge in [-0.05, 0) is 33.1 Å². The van der Waals surface area contributed by atoms with Crippen molar-refractivity contribution in [2.24, 2.45) is 0 Å². The van der Waals surface area contributed by atoms with E-state index in [1.807, 2.05) is 19.9 Å². The van der Waals surface area contributed by atoms with E-state index in [2.05, 4.69) is 24.1 Å². The molecule has 3 heteroatoms. The Morgan fingerprint density at radius 2 is 2.12 bits per heavy atom. The molecule has 0 saturated carbocycles. The first-order chi connectivity index (χ1) is 7.60. The molecule has 2 N–H and O–H groups in total. The van der Waals surface area contributed by atoms with E-state index in [1.54, 1.807) is 0 Å². The second kappa shape index (κ2) is 9.40. The van der Waals surface area contributed by atoms with E-state index >= 15 is 0 Å². The van der Waals surface area contributed by atoms with E-state index in [0.717, 1.165) is 25.8 Å². The SMILES string of the molecule is C=CCCC(CC)NCCC(=O)NC(C)C. The molecule has 0 aliphatic carbocycles. The van der Waals surface area contributed by atoms with Gasteiger partial charge in [-0.1, -0.05) is 13.0 Å². The van der Waals surface area contributed by atoms with Gasteiger partial charge in [0.25, 0.3) is 0 Å². The zero-order valence-electron chi connectivity index (χ0n) is 10.9. The molecule has 0 heterocycles. The van der Waals surface area contributed by atoms with E-state index in [1.165, 1.54) is 0 Å². The van der Waals surface area contributed by atoms with Crippen molar-refractivity contribution in [2.75, 3.05) is 6.54 Å². The highest BCUT2D eigenvalue weighted by atomic mass is 16.1. The van der Waals surface area contributed by atoms with Gasteiger partial charge in [0.05, 0.1) is 0 Å². The zero-order chi connectivity index (χ0) is 12.4. The summed E-state index contributed by atoms with van der Waals surface area (Å²) >= 11 is 0. The van der Waals surface area contributed by atoms with E-state index in [-0.39, 0.29) is 11.9 Å². The van der Waals surface area contributed by atoms with Crippen molar-refractivity contribution < 1.29 is 4.79 Å². The summed E-state index contributed by atoms with van der Waals surface area (Å²) in [5.41, 5.74) is 0. The standard InChI is InChI=1S/C13H26N2O/c1-5-7-8-12(6-2)14-10-9-13(16)15-11(3)4/h5,11-12,14H,1,6-10H2,2-4H3,(H,15,16). The minimum absolute atomic E-state index is 0.126. The zero-order valence-corrected chi connectivity index (χ0v) is 10.9. The van der Waals surface area contributed by atoms with Gasteiger partial charge >= 0.3 is 0 Å². The van der Waals surface area contributed by atoms with Crippen LogP contribution < -0.4 is 10.6 Å². The molecule has 3 nitrogen and oxygen atoms in total. The van der Waals surface area contributed by atoms with Crippen LogP contribution in [-0.4, -0.2) is 24.5 Å². The van der Waals surface area contributed by atoms with Gasteiger partial charge in [-0.3, -0.25) is 4.79 Å². The van der Waals surface area contributed by atoms with Crippen LogP contribution >= 0.6 is 0 Å². The van der Waals surface area contributed by atoms with Crippen LogP contribution in [0.4, 0.5) is 0 Å². The van der Waals surface area contributed by atoms with Crippen molar-refractivity contribution in [3.05, 3.63) is 12.7 Å². The average molecular weight is 226 g/mol. The first-order valence-corrected chi connectivity index (χ1v) is 6.23. The van der Waals surface area contributed by atoms with Gasteiger partial charge in [0.1, 0.15) is 0 Å². The molecular weight excluding hydrogens is 200 g/mol. The average Bonchev–Trinajstić information content (AvgIpc) is 2.22. The third kappa shape index (κ3) is 8.48. The smallest absolute Gasteiger partial charge is 0.221 e. The number of amides is 1. The summed E-state index contributed by atoms with van der Waals surface area (Å²) in [4.78, 5) is 11.4. The van der Waals surface area contributed by atoms with Gasteiger partial charge in [0.2, 0.25) is 5.91 Å². The van der Waals surface area contributed by atoms with Gasteiger partial charge in [0, 0.05) is 25.0 Å². The highest BCUT2D eigenvalue weighted by molar-refractivity contribution is 5.76. The Kier molecular flexibility index (Phi) is 8.91. The summed E-state index contributed by atoms with van der Waals surface area (Å²) in [7, 11) is 0. The molecule has 0 saturated heterocycles. The van der Waals surface area contributed by atoms with Crippen LogP contribution in [0.5, 0.6) is 0 Å². The monoisotopic (exact) mass is 226 g/mol. The Bertz CT molecular complexity index is 202. The number of hydrogen-bond acceptors (Lipinski definition) is 2. The number of carbonyl (C=O) groups excluding carboxylic acids is 1. The maximum atomic E-state index is 11.4. The predicted molar refractivity (Wildman–Crippen MR) is 69.4 cm³/mol. The van der Waals surface area contributed by atoms with Gasteiger partial charge in [-0.2, -0.15) is 0 Å². The maximum absolute atomic E-state index is 11.4. The van der Waals surface area contributed by atoms with Crippen LogP contribution in [0.2, 0.25) is 0 Å². The Labute approximate surface area is 99.7 Å². The van der Waals surface area contributed by atoms with Crippen LogP contribution in [0.1, 0.15) is 46.5 Å². The summed E-state index contributed by atoms with van der Waals surface area (Å²) < 4.78 is 0. The third-order valence-electron chi connectivity index (χ3n) is 2.45. The Hall–Kier alpha value is -0.830. The van der Waals surface area contributed by atoms with Crippen molar-refractivity contribution in [1.82, 2.24) is 10.6 Å². The van der Waals surface area contributed by atoms with Crippen LogP contribution in [0.15, 0.2) is 12.7 Å². The van der Waals surface area contributed by atoms with Crippen molar-refractivity contribution >= 4 is 5.91 Å². The Morgan fingerprint density at radius 3 is 2.62 bits per heavy atom. The molecule has 0 aliphatic heterocycles. The van der Waals surface area contributed by atoms with Crippen LogP contribution in [-0.2, 0) is 4.79 Å². The lowest BCUT2D eigenvalue weighted by Gasteiger charge is -2.16. The molecule has 0 aliphatic rings. The quantitative estimate of drug-likeness (QED) is 0.592. The highest BCUT2D eigenvalue weighted by Crippen LogP contribution is 2.01. The lowest BCUT2D eigenvalue weighted by molar-refractivity contribution is -0.121. The van der Waals surface area contributed by atoms with Crippen molar-refractivity contribution in [3.8, 4) is 0 Å². The molecule has 0 rings (SSSR count). The van der Waals surface area contributed by atoms with E-state index in [9.17, 15) is 4.79 Å². The molecule has 16 heavy (non-hydrogen) atoms. The summed E-state index contributed by atoms with van der Waals surface area (Å²) in [5, 5.41) is 6.28. The largest absolute Gasteiger partial charge is 0.354 e. The number of carbonyl (C=O) groups is 1. The molecular formula is C13H26N2O. The molecule has 1 atom stereocenters. The van der Waals surface area contributed by atoms with Gasteiger partial charge in [-0.15, -0.1) is 6.58 Å². The predicted octanol–water partition coefficient (Wildman–Crippen LogP) is 2.24. The van der Waals surface area contributed by atoms with Crippen LogP contribution in [0.3, 0.4) is 0 Å². The summed E-state index contributed by atoms with van der Waals surface area (Å²) in [6.07, 6.45) is 5.73. The molecule has 0 aromatic rings. The Morgan fingerprint density at radius 1 is 1.44 bits per heavy atom. The second-order valence-electron chi connectivity index (χ2n) is 4.40. The molecule has 0 aromatic heterocycles. The minimum Gasteiger partial charge on any atom is -0.354 e. The van der Waals surface area contributed by atoms with Crippen molar-refractivity contribution in [1.29, 1.82) is 0 Å². The lowest BCUT2D eigenvalue weighted by Crippen LogP contribution is -2.35. The number of hydrogen-bond donors (Lipinski definition) is 2. The second-order valence-corrected chi connectivity index (χ2v) is 4.40. The van der Waals surface area contributed by atoms with Crippen LogP contribution in [0.25, 0.3) is 0 Å². The van der Waals surface area contributed by atoms with Gasteiger partial charge < -0.3 is 10.6 Å². The van der Waals surface area contributed by atoms with Gasteiger partial charge in [0.15, 0.2) is 0 Å². The number of rotatable bonds is 9. The fraction of sp³-hybridized carbons (Fsp3) is 0.769. The first kappa shape index (κ1) is 15.2. The Balaban J connectivity index is 3.61. The van der Waals surface area contributed by atoms with E-state index in [4.69, 9.17) is 0 Å². The topological polar surface area (TPSA) is 41.1 Å². The maximum Gasteiger partial charge on any atom is 0.221 e. The fourth-order valence-electron chi connectivity index (χ4n) is 1.55. The van der Waals surface area contributed by atoms with E-state index in [0.29, 0.717) is 12.5 Å². The molecule has 0 fully saturated rings. The fourth-order valence-corrected chi connectivity index (χ4v) is 1.55. The molecule has 1 amide bonds. The first-order valence-electron chi connectivity index (χ1n) is 6.23. The number of allylic oxidation sites excluding steroid dienone is 1. The lowest BCUT2D eigenvalue weighted by atomic mass is 10.1. The molecule has 0 spiro atoms. The molecule has 1 unspecified atom stereocenters. The molecule has 0 bridgehead atoms. The van der Waals surface area contributed by atoms with E-state index < -0.39 is 0 Å².